The molecule has 0 aliphatic heterocycles. The summed E-state index contributed by atoms with van der Waals surface area (Å²) in [5.41, 5.74) is 2.39. The van der Waals surface area contributed by atoms with E-state index in [1.165, 1.54) is 4.31 Å². The molecule has 3 rings (SSSR count). The molecule has 214 valence electrons. The monoisotopic (exact) mass is 627 g/mol. The van der Waals surface area contributed by atoms with Gasteiger partial charge in [0.25, 0.3) is 0 Å². The van der Waals surface area contributed by atoms with Crippen LogP contribution in [0.1, 0.15) is 44.2 Å². The van der Waals surface area contributed by atoms with Crippen molar-refractivity contribution in [2.75, 3.05) is 17.1 Å². The van der Waals surface area contributed by atoms with Gasteiger partial charge >= 0.3 is 0 Å². The Morgan fingerprint density at radius 2 is 1.55 bits per heavy atom. The summed E-state index contributed by atoms with van der Waals surface area (Å²) in [6.07, 6.45) is 2.69. The van der Waals surface area contributed by atoms with Gasteiger partial charge in [0.05, 0.1) is 11.9 Å². The van der Waals surface area contributed by atoms with Crippen LogP contribution in [-0.2, 0) is 32.6 Å². The van der Waals surface area contributed by atoms with Gasteiger partial charge in [-0.25, -0.2) is 8.42 Å². The van der Waals surface area contributed by atoms with Gasteiger partial charge in [0.2, 0.25) is 21.8 Å². The van der Waals surface area contributed by atoms with Gasteiger partial charge in [-0.15, -0.1) is 0 Å². The van der Waals surface area contributed by atoms with Crippen LogP contribution >= 0.6 is 15.9 Å². The zero-order valence-corrected chi connectivity index (χ0v) is 25.7. The molecule has 2 atom stereocenters. The highest BCUT2D eigenvalue weighted by Crippen LogP contribution is 2.21. The van der Waals surface area contributed by atoms with Gasteiger partial charge in [0.15, 0.2) is 0 Å². The van der Waals surface area contributed by atoms with Crippen molar-refractivity contribution in [1.82, 2.24) is 10.2 Å². The van der Waals surface area contributed by atoms with Crippen molar-refractivity contribution in [3.05, 3.63) is 101 Å². The Kier molecular flexibility index (Phi) is 11.8. The Labute approximate surface area is 246 Å². The molecular formula is C31H38BrN3O4S. The third kappa shape index (κ3) is 9.48. The Morgan fingerprint density at radius 1 is 0.925 bits per heavy atom. The first kappa shape index (κ1) is 31.4. The van der Waals surface area contributed by atoms with Crippen LogP contribution in [0.15, 0.2) is 89.4 Å². The highest BCUT2D eigenvalue weighted by molar-refractivity contribution is 9.10. The largest absolute Gasteiger partial charge is 0.352 e. The Hall–Kier alpha value is -3.17. The summed E-state index contributed by atoms with van der Waals surface area (Å²) in [6.45, 7) is 4.35. The van der Waals surface area contributed by atoms with Crippen LogP contribution in [0.4, 0.5) is 5.69 Å². The average Bonchev–Trinajstić information content (AvgIpc) is 2.93. The second kappa shape index (κ2) is 15.0. The second-order valence-corrected chi connectivity index (χ2v) is 12.8. The van der Waals surface area contributed by atoms with E-state index in [1.807, 2.05) is 74.5 Å². The topological polar surface area (TPSA) is 86.8 Å². The number of carbonyl (C=O) groups is 2. The van der Waals surface area contributed by atoms with Crippen LogP contribution in [0.3, 0.4) is 0 Å². The predicted molar refractivity (Wildman–Crippen MR) is 164 cm³/mol. The van der Waals surface area contributed by atoms with Crippen molar-refractivity contribution in [3.8, 4) is 0 Å². The average molecular weight is 629 g/mol. The van der Waals surface area contributed by atoms with Gasteiger partial charge in [-0.1, -0.05) is 83.5 Å². The van der Waals surface area contributed by atoms with Crippen LogP contribution in [-0.4, -0.2) is 50.0 Å². The van der Waals surface area contributed by atoms with E-state index in [0.29, 0.717) is 18.5 Å². The lowest BCUT2D eigenvalue weighted by molar-refractivity contribution is -0.141. The van der Waals surface area contributed by atoms with E-state index >= 15 is 0 Å². The quantitative estimate of drug-likeness (QED) is 0.254. The molecular weight excluding hydrogens is 590 g/mol. The first-order valence-corrected chi connectivity index (χ1v) is 16.1. The zero-order valence-electron chi connectivity index (χ0n) is 23.3. The summed E-state index contributed by atoms with van der Waals surface area (Å²) in [6, 6.07) is 25.4. The van der Waals surface area contributed by atoms with E-state index in [9.17, 15) is 18.0 Å². The molecule has 3 aromatic carbocycles. The Bertz CT molecular complexity index is 1350. The van der Waals surface area contributed by atoms with E-state index in [2.05, 4.69) is 21.2 Å². The van der Waals surface area contributed by atoms with E-state index in [4.69, 9.17) is 0 Å². The van der Waals surface area contributed by atoms with Crippen LogP contribution in [0, 0.1) is 0 Å². The molecule has 0 unspecified atom stereocenters. The number of carbonyl (C=O) groups excluding carboxylic acids is 2. The lowest BCUT2D eigenvalue weighted by atomic mass is 10.0. The summed E-state index contributed by atoms with van der Waals surface area (Å²) < 4.78 is 27.2. The molecule has 0 aliphatic carbocycles. The van der Waals surface area contributed by atoms with Gasteiger partial charge in [0, 0.05) is 36.4 Å². The molecule has 0 aliphatic rings. The predicted octanol–water partition coefficient (Wildman–Crippen LogP) is 5.55. The number of rotatable bonds is 14. The van der Waals surface area contributed by atoms with Gasteiger partial charge in [-0.05, 0) is 55.2 Å². The first-order valence-electron chi connectivity index (χ1n) is 13.5. The van der Waals surface area contributed by atoms with Crippen molar-refractivity contribution in [2.24, 2.45) is 0 Å². The highest BCUT2D eigenvalue weighted by atomic mass is 79.9. The maximum absolute atomic E-state index is 13.9. The van der Waals surface area contributed by atoms with E-state index in [0.717, 1.165) is 28.3 Å². The molecule has 0 saturated carbocycles. The fourth-order valence-electron chi connectivity index (χ4n) is 4.43. The molecule has 40 heavy (non-hydrogen) atoms. The molecule has 2 amide bonds. The molecule has 1 N–H and O–H groups in total. The molecule has 0 radical (unpaired) electrons. The summed E-state index contributed by atoms with van der Waals surface area (Å²) in [5.74, 6) is -0.412. The highest BCUT2D eigenvalue weighted by Gasteiger charge is 2.31. The maximum Gasteiger partial charge on any atom is 0.243 e. The number of nitrogens with zero attached hydrogens (tertiary/aromatic N) is 2. The number of hydrogen-bond acceptors (Lipinski definition) is 4. The lowest BCUT2D eigenvalue weighted by Gasteiger charge is -2.32. The smallest absolute Gasteiger partial charge is 0.243 e. The van der Waals surface area contributed by atoms with E-state index in [1.54, 1.807) is 29.2 Å². The number of amides is 2. The fourth-order valence-corrected chi connectivity index (χ4v) is 5.84. The van der Waals surface area contributed by atoms with Gasteiger partial charge in [0.1, 0.15) is 6.04 Å². The van der Waals surface area contributed by atoms with E-state index in [-0.39, 0.29) is 37.4 Å². The molecule has 0 aromatic heterocycles. The molecule has 0 saturated heterocycles. The zero-order chi connectivity index (χ0) is 29.1. The number of sulfonamides is 1. The molecule has 9 heteroatoms. The van der Waals surface area contributed by atoms with Crippen LogP contribution in [0.5, 0.6) is 0 Å². The van der Waals surface area contributed by atoms with Gasteiger partial charge in [-0.3, -0.25) is 13.9 Å². The minimum absolute atomic E-state index is 0.0391. The number of para-hydroxylation sites is 1. The normalized spacial score (nSPS) is 12.8. The third-order valence-electron chi connectivity index (χ3n) is 6.71. The van der Waals surface area contributed by atoms with Gasteiger partial charge in [-0.2, -0.15) is 0 Å². The number of hydrogen-bond donors (Lipinski definition) is 1. The number of nitrogens with one attached hydrogen (secondary N) is 1. The Morgan fingerprint density at radius 3 is 2.15 bits per heavy atom. The van der Waals surface area contributed by atoms with Crippen molar-refractivity contribution >= 4 is 43.5 Å². The SMILES string of the molecule is CC[C@H](C)NC(=O)[C@H](Cc1ccccc1)N(Cc1cccc(Br)c1)C(=O)CCCN(c1ccccc1)S(C)(=O)=O. The number of benzene rings is 3. The van der Waals surface area contributed by atoms with Crippen LogP contribution in [0.25, 0.3) is 0 Å². The Balaban J connectivity index is 1.88. The fraction of sp³-hybridized carbons (Fsp3) is 0.355. The van der Waals surface area contributed by atoms with Crippen molar-refractivity contribution in [2.45, 2.75) is 58.2 Å². The lowest BCUT2D eigenvalue weighted by Crippen LogP contribution is -2.52. The molecule has 0 bridgehead atoms. The minimum Gasteiger partial charge on any atom is -0.352 e. The first-order chi connectivity index (χ1) is 19.1. The van der Waals surface area contributed by atoms with Crippen molar-refractivity contribution in [3.63, 3.8) is 0 Å². The maximum atomic E-state index is 13.9. The standard InChI is InChI=1S/C31H38BrN3O4S/c1-4-24(2)33-31(37)29(22-25-13-7-5-8-14-25)34(23-26-15-11-16-27(32)21-26)30(36)19-12-20-35(40(3,38)39)28-17-9-6-10-18-28/h5-11,13-18,21,24,29H,4,12,19-20,22-23H2,1-3H3,(H,33,37)/t24-,29-/m0/s1. The summed E-state index contributed by atoms with van der Waals surface area (Å²) in [7, 11) is -3.54. The number of anilines is 1. The number of halogens is 1. The molecule has 0 heterocycles. The summed E-state index contributed by atoms with van der Waals surface area (Å²) in [5, 5.41) is 3.07. The molecule has 0 fully saturated rings. The second-order valence-electron chi connectivity index (χ2n) is 9.95. The van der Waals surface area contributed by atoms with Crippen molar-refractivity contribution in [1.29, 1.82) is 0 Å². The molecule has 7 nitrogen and oxygen atoms in total. The van der Waals surface area contributed by atoms with Gasteiger partial charge < -0.3 is 10.2 Å². The van der Waals surface area contributed by atoms with E-state index < -0.39 is 16.1 Å². The van der Waals surface area contributed by atoms with Crippen LogP contribution < -0.4 is 9.62 Å². The third-order valence-corrected chi connectivity index (χ3v) is 8.40. The van der Waals surface area contributed by atoms with Crippen LogP contribution in [0.2, 0.25) is 0 Å². The molecule has 3 aromatic rings. The minimum atomic E-state index is -3.54. The summed E-state index contributed by atoms with van der Waals surface area (Å²) in [4.78, 5) is 29.1. The van der Waals surface area contributed by atoms with Crippen molar-refractivity contribution < 1.29 is 18.0 Å². The summed E-state index contributed by atoms with van der Waals surface area (Å²) >= 11 is 3.50. The molecule has 0 spiro atoms.